The summed E-state index contributed by atoms with van der Waals surface area (Å²) >= 11 is 0. The zero-order valence-corrected chi connectivity index (χ0v) is 21.5. The summed E-state index contributed by atoms with van der Waals surface area (Å²) in [5.41, 5.74) is 0. The first-order chi connectivity index (χ1) is 16.3. The zero-order chi connectivity index (χ0) is 25.8. The Morgan fingerprint density at radius 2 is 1.34 bits per heavy atom. The maximum atomic E-state index is 12.6. The van der Waals surface area contributed by atoms with Crippen molar-refractivity contribution in [3.05, 3.63) is 0 Å². The standard InChI is InChI=1S/C18H31B3O12P2/c1-10-3-12(19)6-26-16(10)8-28-35(24,25)33-15-4-13(20)7-27-17(15)9-29-34(22,23)32-14-5-18(21)31-30-11(14)2/h10-18H,3-9H2,1-2H3,(H,22,23)(H,24,25). The third-order valence-corrected chi connectivity index (χ3v) is 7.99. The molecule has 3 heterocycles. The molecule has 0 aliphatic carbocycles. The zero-order valence-electron chi connectivity index (χ0n) is 19.7. The van der Waals surface area contributed by atoms with E-state index in [1.54, 1.807) is 6.92 Å². The van der Waals surface area contributed by atoms with Gasteiger partial charge in [-0.05, 0) is 25.7 Å². The first kappa shape index (κ1) is 29.8. The van der Waals surface area contributed by atoms with Crippen LogP contribution in [0.25, 0.3) is 0 Å². The highest BCUT2D eigenvalue weighted by Gasteiger charge is 2.41. The molecule has 35 heavy (non-hydrogen) atoms. The lowest BCUT2D eigenvalue weighted by molar-refractivity contribution is -0.369. The Kier molecular flexibility index (Phi) is 11.0. The average Bonchev–Trinajstić information content (AvgIpc) is 2.75. The van der Waals surface area contributed by atoms with E-state index >= 15 is 0 Å². The smallest absolute Gasteiger partial charge is 0.376 e. The fraction of sp³-hybridized carbons (Fsp3) is 1.00. The minimum atomic E-state index is -4.58. The van der Waals surface area contributed by atoms with Crippen LogP contribution in [0.15, 0.2) is 0 Å². The highest BCUT2D eigenvalue weighted by atomic mass is 31.2. The molecule has 0 amide bonds. The molecular formula is C18H31B3O12P2. The van der Waals surface area contributed by atoms with Crippen LogP contribution in [0, 0.1) is 5.92 Å². The lowest BCUT2D eigenvalue weighted by Gasteiger charge is -2.36. The average molecular weight is 534 g/mol. The van der Waals surface area contributed by atoms with Crippen LogP contribution in [0.1, 0.15) is 33.1 Å². The molecule has 0 aromatic rings. The quantitative estimate of drug-likeness (QED) is 0.237. The van der Waals surface area contributed by atoms with E-state index in [0.29, 0.717) is 13.0 Å². The van der Waals surface area contributed by atoms with Crippen molar-refractivity contribution in [2.24, 2.45) is 5.92 Å². The van der Waals surface area contributed by atoms with Gasteiger partial charge in [0.25, 0.3) is 0 Å². The van der Waals surface area contributed by atoms with Crippen molar-refractivity contribution in [2.45, 2.75) is 81.3 Å². The van der Waals surface area contributed by atoms with Gasteiger partial charge in [0.2, 0.25) is 0 Å². The molecule has 0 saturated carbocycles. The molecule has 11 atom stereocenters. The van der Waals surface area contributed by atoms with Crippen molar-refractivity contribution in [1.29, 1.82) is 0 Å². The van der Waals surface area contributed by atoms with Crippen LogP contribution in [0.3, 0.4) is 0 Å². The van der Waals surface area contributed by atoms with Crippen molar-refractivity contribution in [3.63, 3.8) is 0 Å². The predicted molar refractivity (Wildman–Crippen MR) is 124 cm³/mol. The fourth-order valence-corrected chi connectivity index (χ4v) is 5.96. The largest absolute Gasteiger partial charge is 0.472 e. The monoisotopic (exact) mass is 534 g/mol. The molecule has 6 radical (unpaired) electrons. The van der Waals surface area contributed by atoms with E-state index in [2.05, 4.69) is 0 Å². The van der Waals surface area contributed by atoms with Crippen molar-refractivity contribution >= 4 is 39.2 Å². The second kappa shape index (κ2) is 12.9. The van der Waals surface area contributed by atoms with E-state index in [4.69, 9.17) is 60.9 Å². The van der Waals surface area contributed by atoms with Crippen molar-refractivity contribution in [2.75, 3.05) is 26.4 Å². The minimum Gasteiger partial charge on any atom is -0.376 e. The molecule has 12 nitrogen and oxygen atoms in total. The fourth-order valence-electron chi connectivity index (χ4n) is 4.01. The number of hydrogen-bond acceptors (Lipinski definition) is 10. The Hall–Kier alpha value is 0.255. The van der Waals surface area contributed by atoms with Gasteiger partial charge in [0.15, 0.2) is 0 Å². The second-order valence-electron chi connectivity index (χ2n) is 9.20. The first-order valence-corrected chi connectivity index (χ1v) is 14.5. The van der Waals surface area contributed by atoms with Gasteiger partial charge in [-0.2, -0.15) is 0 Å². The van der Waals surface area contributed by atoms with Gasteiger partial charge >= 0.3 is 15.6 Å². The Balaban J connectivity index is 1.52. The Labute approximate surface area is 209 Å². The summed E-state index contributed by atoms with van der Waals surface area (Å²) in [6, 6.07) is -0.824. The molecule has 3 fully saturated rings. The lowest BCUT2D eigenvalue weighted by Crippen LogP contribution is -2.42. The summed E-state index contributed by atoms with van der Waals surface area (Å²) in [6.07, 6.45) is -3.04. The highest BCUT2D eigenvalue weighted by Crippen LogP contribution is 2.50. The summed E-state index contributed by atoms with van der Waals surface area (Å²) in [7, 11) is 8.24. The third-order valence-electron chi connectivity index (χ3n) is 5.97. The third kappa shape index (κ3) is 9.50. The molecule has 11 unspecified atom stereocenters. The second-order valence-corrected chi connectivity index (χ2v) is 12.0. The number of ether oxygens (including phenoxy) is 2. The molecular weight excluding hydrogens is 503 g/mol. The Morgan fingerprint density at radius 3 is 1.97 bits per heavy atom. The molecule has 3 aliphatic heterocycles. The summed E-state index contributed by atoms with van der Waals surface area (Å²) in [6.45, 7) is 3.26. The van der Waals surface area contributed by atoms with Crippen LogP contribution >= 0.6 is 15.6 Å². The van der Waals surface area contributed by atoms with Gasteiger partial charge < -0.3 is 19.3 Å². The molecule has 0 aromatic carbocycles. The molecule has 0 bridgehead atoms. The SMILES string of the molecule is [B]C1COC(COP(=O)(O)OC2CC([B])COC2COP(=O)(O)OC2CC([B])OOC2C)C(C)C1. The van der Waals surface area contributed by atoms with Gasteiger partial charge in [-0.15, -0.1) is 0 Å². The summed E-state index contributed by atoms with van der Waals surface area (Å²) in [4.78, 5) is 30.1. The Morgan fingerprint density at radius 1 is 0.800 bits per heavy atom. The van der Waals surface area contributed by atoms with Crippen LogP contribution < -0.4 is 0 Å². The maximum absolute atomic E-state index is 12.6. The van der Waals surface area contributed by atoms with Gasteiger partial charge in [0.1, 0.15) is 26.2 Å². The van der Waals surface area contributed by atoms with Crippen LogP contribution in [0.5, 0.6) is 0 Å². The van der Waals surface area contributed by atoms with Crippen molar-refractivity contribution < 1.29 is 56.3 Å². The van der Waals surface area contributed by atoms with E-state index < -0.39 is 64.6 Å². The van der Waals surface area contributed by atoms with Gasteiger partial charge in [-0.1, -0.05) is 25.0 Å². The van der Waals surface area contributed by atoms with Gasteiger partial charge in [-0.3, -0.25) is 18.1 Å². The lowest BCUT2D eigenvalue weighted by atomic mass is 9.77. The number of hydrogen-bond donors (Lipinski definition) is 2. The molecule has 3 saturated heterocycles. The summed E-state index contributed by atoms with van der Waals surface area (Å²) in [5.74, 6) is -0.549. The van der Waals surface area contributed by atoms with E-state index in [1.165, 1.54) is 0 Å². The summed E-state index contributed by atoms with van der Waals surface area (Å²) < 4.78 is 56.9. The van der Waals surface area contributed by atoms with E-state index in [1.807, 2.05) is 6.92 Å². The van der Waals surface area contributed by atoms with Crippen LogP contribution in [0.4, 0.5) is 0 Å². The molecule has 2 N–H and O–H groups in total. The summed E-state index contributed by atoms with van der Waals surface area (Å²) in [5, 5.41) is 0. The molecule has 3 aliphatic rings. The maximum Gasteiger partial charge on any atom is 0.472 e. The Bertz CT molecular complexity index is 781. The topological polar surface area (TPSA) is 148 Å². The van der Waals surface area contributed by atoms with Crippen LogP contribution in [0.2, 0.25) is 11.6 Å². The normalized spacial score (nSPS) is 42.1. The van der Waals surface area contributed by atoms with Gasteiger partial charge in [0, 0.05) is 13.2 Å². The van der Waals surface area contributed by atoms with Crippen LogP contribution in [-0.2, 0) is 46.5 Å². The molecule has 0 spiro atoms. The van der Waals surface area contributed by atoms with E-state index in [9.17, 15) is 18.9 Å². The molecule has 3 rings (SSSR count). The van der Waals surface area contributed by atoms with Crippen LogP contribution in [-0.4, -0.2) is 96.3 Å². The van der Waals surface area contributed by atoms with E-state index in [-0.39, 0.29) is 37.8 Å². The first-order valence-electron chi connectivity index (χ1n) is 11.5. The molecule has 194 valence electrons. The number of phosphoric ester groups is 2. The van der Waals surface area contributed by atoms with Crippen molar-refractivity contribution in [3.8, 4) is 0 Å². The highest BCUT2D eigenvalue weighted by molar-refractivity contribution is 7.47. The number of phosphoric acid groups is 2. The molecule has 0 aromatic heterocycles. The van der Waals surface area contributed by atoms with Gasteiger partial charge in [-0.25, -0.2) is 18.9 Å². The predicted octanol–water partition coefficient (Wildman–Crippen LogP) is 1.35. The van der Waals surface area contributed by atoms with Crippen molar-refractivity contribution in [1.82, 2.24) is 0 Å². The molecule has 17 heteroatoms. The number of rotatable bonds is 10. The minimum absolute atomic E-state index is 0.0310. The van der Waals surface area contributed by atoms with Gasteiger partial charge in [0.05, 0.1) is 47.1 Å². The van der Waals surface area contributed by atoms with E-state index in [0.717, 1.165) is 0 Å².